The van der Waals surface area contributed by atoms with Crippen LogP contribution >= 0.6 is 0 Å². The van der Waals surface area contributed by atoms with E-state index < -0.39 is 0 Å². The van der Waals surface area contributed by atoms with E-state index in [4.69, 9.17) is 9.47 Å². The third kappa shape index (κ3) is 3.27. The molecule has 0 saturated carbocycles. The molecule has 6 nitrogen and oxygen atoms in total. The smallest absolute Gasteiger partial charge is 0.168 e. The molecule has 0 fully saturated rings. The minimum Gasteiger partial charge on any atom is -0.497 e. The van der Waals surface area contributed by atoms with Crippen LogP contribution in [-0.4, -0.2) is 30.4 Å². The SMILES string of the molecule is COc1ccc(/C=N/Nc2nc3ccccc3nc2C)c(OC)c1. The fourth-order valence-electron chi connectivity index (χ4n) is 2.28. The largest absolute Gasteiger partial charge is 0.497 e. The molecule has 2 aromatic carbocycles. The fraction of sp³-hybridized carbons (Fsp3) is 0.167. The second-order valence-electron chi connectivity index (χ2n) is 5.12. The first-order valence-corrected chi connectivity index (χ1v) is 7.46. The predicted octanol–water partition coefficient (Wildman–Crippen LogP) is 3.40. The summed E-state index contributed by atoms with van der Waals surface area (Å²) in [5.74, 6) is 2.03. The number of aryl methyl sites for hydroxylation is 1. The Morgan fingerprint density at radius 2 is 1.75 bits per heavy atom. The molecule has 24 heavy (non-hydrogen) atoms. The van der Waals surface area contributed by atoms with Crippen LogP contribution in [0.1, 0.15) is 11.3 Å². The highest BCUT2D eigenvalue weighted by Gasteiger charge is 2.05. The van der Waals surface area contributed by atoms with Crippen LogP contribution in [0.15, 0.2) is 47.6 Å². The van der Waals surface area contributed by atoms with Gasteiger partial charge in [-0.25, -0.2) is 9.97 Å². The fourth-order valence-corrected chi connectivity index (χ4v) is 2.28. The lowest BCUT2D eigenvalue weighted by Crippen LogP contribution is -2.00. The standard InChI is InChI=1S/C18H18N4O2/c1-12-18(21-16-7-5-4-6-15(16)20-12)22-19-11-13-8-9-14(23-2)10-17(13)24-3/h4-11H,1-3H3,(H,21,22)/b19-11+. The maximum absolute atomic E-state index is 5.34. The second kappa shape index (κ2) is 6.95. The third-order valence-electron chi connectivity index (χ3n) is 3.56. The van der Waals surface area contributed by atoms with Crippen LogP contribution < -0.4 is 14.9 Å². The maximum Gasteiger partial charge on any atom is 0.168 e. The van der Waals surface area contributed by atoms with Gasteiger partial charge in [-0.1, -0.05) is 12.1 Å². The summed E-state index contributed by atoms with van der Waals surface area (Å²) in [5.41, 5.74) is 6.24. The number of benzene rings is 2. The number of nitrogens with zero attached hydrogens (tertiary/aromatic N) is 3. The number of hydrazone groups is 1. The minimum atomic E-state index is 0.623. The molecule has 1 N–H and O–H groups in total. The number of fused-ring (bicyclic) bond motifs is 1. The molecule has 1 heterocycles. The van der Waals surface area contributed by atoms with Crippen LogP contribution in [-0.2, 0) is 0 Å². The predicted molar refractivity (Wildman–Crippen MR) is 95.0 cm³/mol. The number of anilines is 1. The van der Waals surface area contributed by atoms with Crippen molar-refractivity contribution in [2.24, 2.45) is 5.10 Å². The zero-order chi connectivity index (χ0) is 16.9. The first-order valence-electron chi connectivity index (χ1n) is 7.46. The first-order chi connectivity index (χ1) is 11.7. The Morgan fingerprint density at radius 1 is 1.00 bits per heavy atom. The van der Waals surface area contributed by atoms with Gasteiger partial charge in [0.25, 0.3) is 0 Å². The summed E-state index contributed by atoms with van der Waals surface area (Å²) in [5, 5.41) is 4.25. The van der Waals surface area contributed by atoms with Gasteiger partial charge in [-0.2, -0.15) is 5.10 Å². The summed E-state index contributed by atoms with van der Waals surface area (Å²) in [6.07, 6.45) is 1.68. The molecule has 6 heteroatoms. The average Bonchev–Trinajstić information content (AvgIpc) is 2.62. The van der Waals surface area contributed by atoms with E-state index in [1.165, 1.54) is 0 Å². The highest BCUT2D eigenvalue weighted by Crippen LogP contribution is 2.23. The van der Waals surface area contributed by atoms with Crippen molar-refractivity contribution in [2.75, 3.05) is 19.6 Å². The normalized spacial score (nSPS) is 11.0. The van der Waals surface area contributed by atoms with Crippen molar-refractivity contribution in [2.45, 2.75) is 6.92 Å². The second-order valence-corrected chi connectivity index (χ2v) is 5.12. The monoisotopic (exact) mass is 322 g/mol. The maximum atomic E-state index is 5.34. The molecule has 3 rings (SSSR count). The Morgan fingerprint density at radius 3 is 2.46 bits per heavy atom. The number of rotatable bonds is 5. The zero-order valence-electron chi connectivity index (χ0n) is 13.8. The number of hydrogen-bond acceptors (Lipinski definition) is 6. The Balaban J connectivity index is 1.83. The first kappa shape index (κ1) is 15.7. The summed E-state index contributed by atoms with van der Waals surface area (Å²) >= 11 is 0. The summed E-state index contributed by atoms with van der Waals surface area (Å²) < 4.78 is 10.5. The lowest BCUT2D eigenvalue weighted by atomic mass is 10.2. The summed E-state index contributed by atoms with van der Waals surface area (Å²) in [6.45, 7) is 1.89. The van der Waals surface area contributed by atoms with Crippen LogP contribution in [0.5, 0.6) is 11.5 Å². The van der Waals surface area contributed by atoms with Gasteiger partial charge in [0, 0.05) is 11.6 Å². The summed E-state index contributed by atoms with van der Waals surface area (Å²) in [6, 6.07) is 13.3. The highest BCUT2D eigenvalue weighted by molar-refractivity contribution is 5.84. The van der Waals surface area contributed by atoms with Crippen LogP contribution in [0.4, 0.5) is 5.82 Å². The summed E-state index contributed by atoms with van der Waals surface area (Å²) in [4.78, 5) is 9.05. The Bertz CT molecular complexity index is 893. The van der Waals surface area contributed by atoms with Crippen molar-refractivity contribution in [3.63, 3.8) is 0 Å². The van der Waals surface area contributed by atoms with Crippen molar-refractivity contribution in [3.05, 3.63) is 53.7 Å². The van der Waals surface area contributed by atoms with Gasteiger partial charge in [0.15, 0.2) is 5.82 Å². The van der Waals surface area contributed by atoms with Gasteiger partial charge in [-0.15, -0.1) is 0 Å². The summed E-state index contributed by atoms with van der Waals surface area (Å²) in [7, 11) is 3.23. The van der Waals surface area contributed by atoms with Gasteiger partial charge in [0.2, 0.25) is 0 Å². The molecule has 0 aliphatic rings. The Labute approximate surface area is 140 Å². The molecule has 0 atom stereocenters. The molecular weight excluding hydrogens is 304 g/mol. The van der Waals surface area contributed by atoms with E-state index in [-0.39, 0.29) is 0 Å². The highest BCUT2D eigenvalue weighted by atomic mass is 16.5. The molecule has 1 aromatic heterocycles. The number of para-hydroxylation sites is 2. The quantitative estimate of drug-likeness (QED) is 0.576. The molecule has 122 valence electrons. The van der Waals surface area contributed by atoms with Gasteiger partial charge in [0.1, 0.15) is 11.5 Å². The number of ether oxygens (including phenoxy) is 2. The molecule has 0 unspecified atom stereocenters. The molecule has 3 aromatic rings. The van der Waals surface area contributed by atoms with Gasteiger partial charge >= 0.3 is 0 Å². The lowest BCUT2D eigenvalue weighted by Gasteiger charge is -2.08. The molecule has 0 radical (unpaired) electrons. The molecule has 0 amide bonds. The van der Waals surface area contributed by atoms with Gasteiger partial charge < -0.3 is 9.47 Å². The lowest BCUT2D eigenvalue weighted by molar-refractivity contribution is 0.394. The topological polar surface area (TPSA) is 68.6 Å². The van der Waals surface area contributed by atoms with Gasteiger partial charge in [0.05, 0.1) is 37.2 Å². The number of aromatic nitrogens is 2. The van der Waals surface area contributed by atoms with Crippen molar-refractivity contribution in [1.29, 1.82) is 0 Å². The Kier molecular flexibility index (Phi) is 4.56. The van der Waals surface area contributed by atoms with E-state index in [0.717, 1.165) is 28.0 Å². The van der Waals surface area contributed by atoms with Crippen molar-refractivity contribution < 1.29 is 9.47 Å². The van der Waals surface area contributed by atoms with E-state index in [0.29, 0.717) is 11.6 Å². The molecule has 0 bridgehead atoms. The van der Waals surface area contributed by atoms with Gasteiger partial charge in [-0.05, 0) is 31.2 Å². The van der Waals surface area contributed by atoms with E-state index in [2.05, 4.69) is 20.5 Å². The number of hydrogen-bond donors (Lipinski definition) is 1. The molecular formula is C18H18N4O2. The van der Waals surface area contributed by atoms with Crippen LogP contribution in [0.25, 0.3) is 11.0 Å². The van der Waals surface area contributed by atoms with E-state index in [1.807, 2.05) is 49.4 Å². The van der Waals surface area contributed by atoms with Gasteiger partial charge in [-0.3, -0.25) is 5.43 Å². The van der Waals surface area contributed by atoms with E-state index in [9.17, 15) is 0 Å². The van der Waals surface area contributed by atoms with Crippen molar-refractivity contribution >= 4 is 23.1 Å². The third-order valence-corrected chi connectivity index (χ3v) is 3.56. The molecule has 0 saturated heterocycles. The molecule has 0 aliphatic heterocycles. The zero-order valence-corrected chi connectivity index (χ0v) is 13.8. The minimum absolute atomic E-state index is 0.623. The average molecular weight is 322 g/mol. The molecule has 0 spiro atoms. The Hall–Kier alpha value is -3.15. The van der Waals surface area contributed by atoms with Crippen molar-refractivity contribution in [3.8, 4) is 11.5 Å². The van der Waals surface area contributed by atoms with E-state index >= 15 is 0 Å². The number of methoxy groups -OCH3 is 2. The van der Waals surface area contributed by atoms with Crippen LogP contribution in [0.3, 0.4) is 0 Å². The van der Waals surface area contributed by atoms with Crippen LogP contribution in [0.2, 0.25) is 0 Å². The van der Waals surface area contributed by atoms with Crippen molar-refractivity contribution in [1.82, 2.24) is 9.97 Å². The van der Waals surface area contributed by atoms with E-state index in [1.54, 1.807) is 20.4 Å². The number of nitrogens with one attached hydrogen (secondary N) is 1. The van der Waals surface area contributed by atoms with Crippen LogP contribution in [0, 0.1) is 6.92 Å². The molecule has 0 aliphatic carbocycles.